The van der Waals surface area contributed by atoms with E-state index in [-0.39, 0.29) is 25.5 Å². The van der Waals surface area contributed by atoms with E-state index in [1.807, 2.05) is 25.1 Å². The lowest BCUT2D eigenvalue weighted by Crippen LogP contribution is -2.37. The first kappa shape index (κ1) is 16.0. The Kier molecular flexibility index (Phi) is 6.52. The lowest BCUT2D eigenvalue weighted by atomic mass is 10.2. The normalized spacial score (nSPS) is 11.7. The van der Waals surface area contributed by atoms with Crippen molar-refractivity contribution in [2.24, 2.45) is 0 Å². The Morgan fingerprint density at radius 1 is 1.40 bits per heavy atom. The van der Waals surface area contributed by atoms with Gasteiger partial charge in [-0.05, 0) is 24.6 Å². The van der Waals surface area contributed by atoms with Crippen molar-refractivity contribution in [3.8, 4) is 5.75 Å². The van der Waals surface area contributed by atoms with Crippen LogP contribution < -0.4 is 10.1 Å². The Bertz CT molecular complexity index is 461. The third-order valence-corrected chi connectivity index (χ3v) is 2.62. The van der Waals surface area contributed by atoms with Crippen LogP contribution in [0.4, 0.5) is 0 Å². The summed E-state index contributed by atoms with van der Waals surface area (Å²) in [5.74, 6) is -0.671. The first-order valence-electron chi connectivity index (χ1n) is 6.22. The zero-order valence-electron chi connectivity index (χ0n) is 11.6. The van der Waals surface area contributed by atoms with Crippen LogP contribution in [0, 0.1) is 6.92 Å². The Morgan fingerprint density at radius 3 is 2.75 bits per heavy atom. The summed E-state index contributed by atoms with van der Waals surface area (Å²) in [6, 6.07) is 7.37. The van der Waals surface area contributed by atoms with Crippen LogP contribution in [0.5, 0.6) is 5.75 Å². The van der Waals surface area contributed by atoms with E-state index in [2.05, 4.69) is 5.32 Å². The number of hydrogen-bond acceptors (Lipinski definition) is 4. The van der Waals surface area contributed by atoms with Crippen molar-refractivity contribution in [2.45, 2.75) is 19.4 Å². The molecule has 0 aliphatic carbocycles. The van der Waals surface area contributed by atoms with Gasteiger partial charge < -0.3 is 19.9 Å². The van der Waals surface area contributed by atoms with Crippen molar-refractivity contribution in [1.82, 2.24) is 5.32 Å². The van der Waals surface area contributed by atoms with Gasteiger partial charge in [0.1, 0.15) is 5.75 Å². The molecule has 0 radical (unpaired) electrons. The minimum atomic E-state index is -0.970. The third-order valence-electron chi connectivity index (χ3n) is 2.62. The van der Waals surface area contributed by atoms with Gasteiger partial charge in [-0.1, -0.05) is 12.1 Å². The lowest BCUT2D eigenvalue weighted by Gasteiger charge is -2.14. The molecular weight excluding hydrogens is 262 g/mol. The van der Waals surface area contributed by atoms with Gasteiger partial charge in [0.25, 0.3) is 5.91 Å². The molecule has 1 amide bonds. The Labute approximate surface area is 117 Å². The number of carbonyl (C=O) groups excluding carboxylic acids is 1. The Balaban J connectivity index is 2.31. The lowest BCUT2D eigenvalue weighted by molar-refractivity contribution is -0.140. The van der Waals surface area contributed by atoms with Crippen LogP contribution >= 0.6 is 0 Å². The van der Waals surface area contributed by atoms with Crippen LogP contribution in [0.3, 0.4) is 0 Å². The molecule has 20 heavy (non-hydrogen) atoms. The second-order valence-electron chi connectivity index (χ2n) is 4.36. The highest BCUT2D eigenvalue weighted by Gasteiger charge is 2.13. The maximum absolute atomic E-state index is 11.6. The van der Waals surface area contributed by atoms with E-state index in [1.54, 1.807) is 6.07 Å². The van der Waals surface area contributed by atoms with E-state index in [0.29, 0.717) is 5.75 Å². The summed E-state index contributed by atoms with van der Waals surface area (Å²) >= 11 is 0. The molecule has 2 N–H and O–H groups in total. The summed E-state index contributed by atoms with van der Waals surface area (Å²) in [6.45, 7) is 1.95. The maximum Gasteiger partial charge on any atom is 0.306 e. The Morgan fingerprint density at radius 2 is 2.15 bits per heavy atom. The third kappa shape index (κ3) is 6.19. The van der Waals surface area contributed by atoms with Crippen molar-refractivity contribution in [1.29, 1.82) is 0 Å². The molecule has 1 atom stereocenters. The molecule has 0 saturated carbocycles. The first-order chi connectivity index (χ1) is 9.51. The second kappa shape index (κ2) is 8.16. The smallest absolute Gasteiger partial charge is 0.306 e. The van der Waals surface area contributed by atoms with Crippen LogP contribution in [0.2, 0.25) is 0 Å². The summed E-state index contributed by atoms with van der Waals surface area (Å²) in [5, 5.41) is 11.2. The molecule has 6 heteroatoms. The quantitative estimate of drug-likeness (QED) is 0.742. The van der Waals surface area contributed by atoms with Crippen LogP contribution in [0.25, 0.3) is 0 Å². The van der Waals surface area contributed by atoms with Gasteiger partial charge in [0.15, 0.2) is 6.61 Å². The summed E-state index contributed by atoms with van der Waals surface area (Å²) in [5.41, 5.74) is 1.05. The van der Waals surface area contributed by atoms with Crippen molar-refractivity contribution in [2.75, 3.05) is 20.3 Å². The number of rotatable bonds is 8. The highest BCUT2D eigenvalue weighted by Crippen LogP contribution is 2.11. The number of ether oxygens (including phenoxy) is 2. The number of benzene rings is 1. The molecule has 1 unspecified atom stereocenters. The minimum absolute atomic E-state index is 0.118. The molecule has 0 fully saturated rings. The standard InChI is InChI=1S/C14H19NO5/c1-10-4-3-5-11(6-10)20-9-13(16)15-8-12(19-2)7-14(17)18/h3-6,12H,7-9H2,1-2H3,(H,15,16)(H,17,18). The molecule has 6 nitrogen and oxygen atoms in total. The first-order valence-corrected chi connectivity index (χ1v) is 6.22. The SMILES string of the molecule is COC(CNC(=O)COc1cccc(C)c1)CC(=O)O. The number of carboxylic acids is 1. The fourth-order valence-electron chi connectivity index (χ4n) is 1.57. The van der Waals surface area contributed by atoms with Gasteiger partial charge in [-0.25, -0.2) is 0 Å². The highest BCUT2D eigenvalue weighted by molar-refractivity contribution is 5.77. The van der Waals surface area contributed by atoms with Crippen molar-refractivity contribution in [3.05, 3.63) is 29.8 Å². The van der Waals surface area contributed by atoms with E-state index in [0.717, 1.165) is 5.56 Å². The molecule has 1 aromatic carbocycles. The monoisotopic (exact) mass is 281 g/mol. The Hall–Kier alpha value is -2.08. The second-order valence-corrected chi connectivity index (χ2v) is 4.36. The molecule has 1 rings (SSSR count). The van der Waals surface area contributed by atoms with E-state index in [9.17, 15) is 9.59 Å². The van der Waals surface area contributed by atoms with Crippen molar-refractivity contribution in [3.63, 3.8) is 0 Å². The molecule has 0 aliphatic heterocycles. The number of aryl methyl sites for hydroxylation is 1. The number of hydrogen-bond donors (Lipinski definition) is 2. The van der Waals surface area contributed by atoms with Gasteiger partial charge in [-0.3, -0.25) is 9.59 Å². The predicted molar refractivity (Wildman–Crippen MR) is 72.7 cm³/mol. The molecule has 0 aromatic heterocycles. The van der Waals surface area contributed by atoms with E-state index < -0.39 is 12.1 Å². The predicted octanol–water partition coefficient (Wildman–Crippen LogP) is 0.980. The van der Waals surface area contributed by atoms with Gasteiger partial charge in [-0.15, -0.1) is 0 Å². The van der Waals surface area contributed by atoms with Crippen molar-refractivity contribution >= 4 is 11.9 Å². The molecule has 0 aliphatic rings. The van der Waals surface area contributed by atoms with Crippen LogP contribution in [0.1, 0.15) is 12.0 Å². The minimum Gasteiger partial charge on any atom is -0.484 e. The van der Waals surface area contributed by atoms with Crippen LogP contribution in [-0.2, 0) is 14.3 Å². The fraction of sp³-hybridized carbons (Fsp3) is 0.429. The molecular formula is C14H19NO5. The number of methoxy groups -OCH3 is 1. The average Bonchev–Trinajstić information content (AvgIpc) is 2.40. The number of carboxylic acid groups (broad SMARTS) is 1. The molecule has 0 saturated heterocycles. The summed E-state index contributed by atoms with van der Waals surface area (Å²) in [4.78, 5) is 22.1. The van der Waals surface area contributed by atoms with E-state index >= 15 is 0 Å². The number of amides is 1. The number of nitrogens with one attached hydrogen (secondary N) is 1. The molecule has 0 spiro atoms. The average molecular weight is 281 g/mol. The number of carbonyl (C=O) groups is 2. The summed E-state index contributed by atoms with van der Waals surface area (Å²) in [6.07, 6.45) is -0.703. The molecule has 0 bridgehead atoms. The maximum atomic E-state index is 11.6. The highest BCUT2D eigenvalue weighted by atomic mass is 16.5. The van der Waals surface area contributed by atoms with Gasteiger partial charge in [0.2, 0.25) is 0 Å². The zero-order valence-corrected chi connectivity index (χ0v) is 11.6. The molecule has 0 heterocycles. The van der Waals surface area contributed by atoms with Crippen LogP contribution in [0.15, 0.2) is 24.3 Å². The largest absolute Gasteiger partial charge is 0.484 e. The summed E-state index contributed by atoms with van der Waals surface area (Å²) < 4.78 is 10.3. The number of aliphatic carboxylic acids is 1. The zero-order chi connectivity index (χ0) is 15.0. The van der Waals surface area contributed by atoms with Gasteiger partial charge in [-0.2, -0.15) is 0 Å². The molecule has 110 valence electrons. The molecule has 1 aromatic rings. The van der Waals surface area contributed by atoms with Crippen molar-refractivity contribution < 1.29 is 24.2 Å². The van der Waals surface area contributed by atoms with E-state index in [4.69, 9.17) is 14.6 Å². The van der Waals surface area contributed by atoms with E-state index in [1.165, 1.54) is 7.11 Å². The topological polar surface area (TPSA) is 84.9 Å². The fourth-order valence-corrected chi connectivity index (χ4v) is 1.57. The van der Waals surface area contributed by atoms with Gasteiger partial charge in [0, 0.05) is 13.7 Å². The van der Waals surface area contributed by atoms with Gasteiger partial charge in [0.05, 0.1) is 12.5 Å². The van der Waals surface area contributed by atoms with Gasteiger partial charge >= 0.3 is 5.97 Å². The van der Waals surface area contributed by atoms with Crippen LogP contribution in [-0.4, -0.2) is 43.3 Å². The summed E-state index contributed by atoms with van der Waals surface area (Å²) in [7, 11) is 1.41.